The number of benzene rings is 3. The van der Waals surface area contributed by atoms with Crippen molar-refractivity contribution >= 4 is 17.4 Å². The van der Waals surface area contributed by atoms with Crippen LogP contribution >= 0.6 is 11.6 Å². The van der Waals surface area contributed by atoms with Crippen molar-refractivity contribution in [1.82, 2.24) is 10.3 Å². The molecule has 2 aliphatic rings. The summed E-state index contributed by atoms with van der Waals surface area (Å²) in [4.78, 5) is 16.3. The topological polar surface area (TPSA) is 95.2 Å². The number of nitrogens with zero attached hydrogens (tertiary/aromatic N) is 2. The van der Waals surface area contributed by atoms with Crippen molar-refractivity contribution in [2.24, 2.45) is 5.92 Å². The Morgan fingerprint density at radius 1 is 1.11 bits per heavy atom. The first-order valence-corrected chi connectivity index (χ1v) is 15.8. The second-order valence-corrected chi connectivity index (χ2v) is 12.5. The Morgan fingerprint density at radius 3 is 2.67 bits per heavy atom. The Hall–Kier alpha value is -4.09. The van der Waals surface area contributed by atoms with E-state index in [0.29, 0.717) is 34.4 Å². The third-order valence-corrected chi connectivity index (χ3v) is 9.59. The summed E-state index contributed by atoms with van der Waals surface area (Å²) in [6.07, 6.45) is 7.50. The number of ether oxygens (including phenoxy) is 1. The molecule has 1 heterocycles. The smallest absolute Gasteiger partial charge is 0.149 e. The number of hydrogen-bond acceptors (Lipinski definition) is 6. The lowest BCUT2D eigenvalue weighted by Crippen LogP contribution is -2.38. The van der Waals surface area contributed by atoms with Crippen LogP contribution in [-0.2, 0) is 24.2 Å². The quantitative estimate of drug-likeness (QED) is 0.183. The van der Waals surface area contributed by atoms with Gasteiger partial charge in [0.2, 0.25) is 0 Å². The van der Waals surface area contributed by atoms with Crippen molar-refractivity contribution in [3.8, 4) is 22.9 Å². The highest BCUT2D eigenvalue weighted by Gasteiger charge is 2.35. The molecule has 8 heteroatoms. The first-order chi connectivity index (χ1) is 21.9. The molecular formula is C37H35ClFN3O3. The summed E-state index contributed by atoms with van der Waals surface area (Å²) in [6.45, 7) is 1.54. The van der Waals surface area contributed by atoms with Crippen LogP contribution in [0.4, 0.5) is 4.39 Å². The van der Waals surface area contributed by atoms with Gasteiger partial charge < -0.3 is 15.2 Å². The zero-order chi connectivity index (χ0) is 31.5. The lowest BCUT2D eigenvalue weighted by molar-refractivity contribution is -0.119. The van der Waals surface area contributed by atoms with Gasteiger partial charge in [0.15, 0.2) is 0 Å². The molecule has 1 saturated carbocycles. The second kappa shape index (κ2) is 13.5. The normalized spacial score (nSPS) is 19.3. The molecule has 45 heavy (non-hydrogen) atoms. The first-order valence-electron chi connectivity index (χ1n) is 15.4. The van der Waals surface area contributed by atoms with Crippen LogP contribution in [0.5, 0.6) is 5.75 Å². The number of nitriles is 1. The SMILES string of the molecule is CC(=O)C(CO)NCc1cc(Cl)c(O[C@H]2CCc3c(-c4ccccc4F)cccc32)cc1C1CCC1Cc1cncc(C#N)c1. The number of nitrogens with one attached hydrogen (secondary N) is 1. The zero-order valence-corrected chi connectivity index (χ0v) is 25.9. The summed E-state index contributed by atoms with van der Waals surface area (Å²) in [6, 6.07) is 20.2. The molecule has 230 valence electrons. The molecule has 0 bridgehead atoms. The molecule has 2 aliphatic carbocycles. The van der Waals surface area contributed by atoms with Gasteiger partial charge >= 0.3 is 0 Å². The van der Waals surface area contributed by atoms with Gasteiger partial charge in [-0.05, 0) is 109 Å². The van der Waals surface area contributed by atoms with Gasteiger partial charge in [-0.15, -0.1) is 0 Å². The van der Waals surface area contributed by atoms with Gasteiger partial charge in [-0.25, -0.2) is 4.39 Å². The van der Waals surface area contributed by atoms with Crippen molar-refractivity contribution in [2.45, 2.75) is 63.6 Å². The Balaban J connectivity index is 1.30. The largest absolute Gasteiger partial charge is 0.484 e. The number of fused-ring (bicyclic) bond motifs is 1. The maximum Gasteiger partial charge on any atom is 0.149 e. The average Bonchev–Trinajstić information content (AvgIpc) is 3.44. The zero-order valence-electron chi connectivity index (χ0n) is 25.1. The van der Waals surface area contributed by atoms with Gasteiger partial charge in [0, 0.05) is 24.5 Å². The van der Waals surface area contributed by atoms with E-state index in [9.17, 15) is 19.6 Å². The average molecular weight is 624 g/mol. The van der Waals surface area contributed by atoms with E-state index in [-0.39, 0.29) is 30.2 Å². The third-order valence-electron chi connectivity index (χ3n) is 9.29. The number of carbonyl (C=O) groups excluding carboxylic acids is 1. The van der Waals surface area contributed by atoms with Crippen LogP contribution in [0.25, 0.3) is 11.1 Å². The minimum Gasteiger partial charge on any atom is -0.484 e. The number of carbonyl (C=O) groups is 1. The highest BCUT2D eigenvalue weighted by atomic mass is 35.5. The van der Waals surface area contributed by atoms with Crippen LogP contribution in [0, 0.1) is 23.1 Å². The van der Waals surface area contributed by atoms with Gasteiger partial charge in [-0.1, -0.05) is 48.0 Å². The number of Topliss-reactive ketones (excluding diaryl/α,β-unsaturated/α-hetero) is 1. The minimum atomic E-state index is -0.664. The van der Waals surface area contributed by atoms with Gasteiger partial charge in [0.05, 0.1) is 23.2 Å². The Morgan fingerprint density at radius 2 is 1.93 bits per heavy atom. The van der Waals surface area contributed by atoms with E-state index in [1.807, 2.05) is 54.7 Å². The van der Waals surface area contributed by atoms with E-state index < -0.39 is 6.04 Å². The predicted molar refractivity (Wildman–Crippen MR) is 171 cm³/mol. The fourth-order valence-electron chi connectivity index (χ4n) is 6.78. The van der Waals surface area contributed by atoms with Gasteiger partial charge in [0.1, 0.15) is 29.5 Å². The molecule has 0 radical (unpaired) electrons. The summed E-state index contributed by atoms with van der Waals surface area (Å²) >= 11 is 6.87. The number of aliphatic hydroxyl groups is 1. The molecule has 6 nitrogen and oxygen atoms in total. The third kappa shape index (κ3) is 6.50. The molecule has 0 aliphatic heterocycles. The number of aromatic nitrogens is 1. The van der Waals surface area contributed by atoms with Gasteiger partial charge in [0.25, 0.3) is 0 Å². The number of hydrogen-bond donors (Lipinski definition) is 2. The van der Waals surface area contributed by atoms with Crippen molar-refractivity contribution in [1.29, 1.82) is 5.26 Å². The van der Waals surface area contributed by atoms with Crippen molar-refractivity contribution < 1.29 is 19.0 Å². The van der Waals surface area contributed by atoms with E-state index in [1.54, 1.807) is 12.3 Å². The highest BCUT2D eigenvalue weighted by Crippen LogP contribution is 2.48. The molecule has 0 amide bonds. The molecule has 6 rings (SSSR count). The predicted octanol–water partition coefficient (Wildman–Crippen LogP) is 7.25. The highest BCUT2D eigenvalue weighted by molar-refractivity contribution is 6.32. The van der Waals surface area contributed by atoms with Crippen molar-refractivity contribution in [3.05, 3.63) is 117 Å². The van der Waals surface area contributed by atoms with Crippen LogP contribution in [0.3, 0.4) is 0 Å². The fourth-order valence-corrected chi connectivity index (χ4v) is 7.01. The monoisotopic (exact) mass is 623 g/mol. The number of ketones is 1. The molecule has 2 N–H and O–H groups in total. The number of rotatable bonds is 11. The Bertz CT molecular complexity index is 1770. The van der Waals surface area contributed by atoms with Crippen LogP contribution in [0.15, 0.2) is 73.1 Å². The molecule has 4 atom stereocenters. The summed E-state index contributed by atoms with van der Waals surface area (Å²) < 4.78 is 21.4. The van der Waals surface area contributed by atoms with Crippen LogP contribution < -0.4 is 10.1 Å². The first kappa shape index (κ1) is 30.9. The van der Waals surface area contributed by atoms with E-state index in [0.717, 1.165) is 65.5 Å². The fraction of sp³-hybridized carbons (Fsp3) is 0.324. The molecule has 3 unspecified atom stereocenters. The summed E-state index contributed by atoms with van der Waals surface area (Å²) in [5.41, 5.74) is 7.24. The maximum atomic E-state index is 14.7. The van der Waals surface area contributed by atoms with Gasteiger partial charge in [-0.2, -0.15) is 5.26 Å². The van der Waals surface area contributed by atoms with Crippen LogP contribution in [0.2, 0.25) is 5.02 Å². The lowest BCUT2D eigenvalue weighted by Gasteiger charge is -2.39. The summed E-state index contributed by atoms with van der Waals surface area (Å²) in [5.74, 6) is 0.774. The van der Waals surface area contributed by atoms with Crippen molar-refractivity contribution in [2.75, 3.05) is 6.61 Å². The molecule has 3 aromatic carbocycles. The second-order valence-electron chi connectivity index (χ2n) is 12.0. The van der Waals surface area contributed by atoms with E-state index in [1.165, 1.54) is 13.0 Å². The molecule has 0 saturated heterocycles. The Labute approximate surface area is 267 Å². The Kier molecular flexibility index (Phi) is 9.27. The van der Waals surface area contributed by atoms with Crippen molar-refractivity contribution in [3.63, 3.8) is 0 Å². The molecule has 1 aromatic heterocycles. The van der Waals surface area contributed by atoms with Crippen LogP contribution in [0.1, 0.15) is 71.6 Å². The maximum absolute atomic E-state index is 14.7. The van der Waals surface area contributed by atoms with E-state index in [4.69, 9.17) is 16.3 Å². The van der Waals surface area contributed by atoms with Gasteiger partial charge in [-0.3, -0.25) is 9.78 Å². The summed E-state index contributed by atoms with van der Waals surface area (Å²) in [7, 11) is 0. The molecule has 0 spiro atoms. The molecule has 4 aromatic rings. The molecular weight excluding hydrogens is 589 g/mol. The number of aliphatic hydroxyl groups excluding tert-OH is 1. The molecule has 1 fully saturated rings. The van der Waals surface area contributed by atoms with Crippen LogP contribution in [-0.4, -0.2) is 28.5 Å². The van der Waals surface area contributed by atoms with E-state index in [2.05, 4.69) is 16.4 Å². The summed E-state index contributed by atoms with van der Waals surface area (Å²) in [5, 5.41) is 22.7. The van der Waals surface area contributed by atoms with E-state index >= 15 is 0 Å². The number of pyridine rings is 1. The standard InChI is InChI=1S/C37H35ClFN3O3/c1-22(44)35(21-43)42-20-26-15-33(38)37(16-32(26)27-10-9-25(27)14-23-13-24(17-40)19-41-18-23)45-36-12-11-29-28(6-4-7-31(29)36)30-5-2-3-8-34(30)39/h2-8,13,15-16,18-19,25,27,35-36,42-43H,9-12,14,20-21H2,1H3/t25?,27?,35?,36-/m0/s1. The lowest BCUT2D eigenvalue weighted by atomic mass is 9.66. The minimum absolute atomic E-state index is 0.133. The number of halogens is 2.